The number of fused-ring (bicyclic) bond motifs is 1. The average molecular weight is 558 g/mol. The number of hydrogen-bond acceptors (Lipinski definition) is 7. The van der Waals surface area contributed by atoms with E-state index in [4.69, 9.17) is 5.73 Å². The lowest BCUT2D eigenvalue weighted by molar-refractivity contribution is -0.142. The Balaban J connectivity index is 1.93. The van der Waals surface area contributed by atoms with Crippen LogP contribution in [0.15, 0.2) is 24.4 Å². The third kappa shape index (κ3) is 7.76. The fourth-order valence-corrected chi connectivity index (χ4v) is 5.03. The molecular weight excluding hydrogens is 518 g/mol. The van der Waals surface area contributed by atoms with Crippen molar-refractivity contribution in [1.29, 1.82) is 0 Å². The first kappa shape index (κ1) is 30.5. The van der Waals surface area contributed by atoms with E-state index < -0.39 is 47.8 Å². The molecule has 1 aromatic rings. The predicted octanol–water partition coefficient (Wildman–Crippen LogP) is -0.686. The summed E-state index contributed by atoms with van der Waals surface area (Å²) in [5.74, 6) is -3.19. The van der Waals surface area contributed by atoms with Gasteiger partial charge in [-0.15, -0.1) is 0 Å². The second-order valence-electron chi connectivity index (χ2n) is 10.7. The molecule has 2 aliphatic rings. The molecule has 218 valence electrons. The van der Waals surface area contributed by atoms with Crippen molar-refractivity contribution in [3.05, 3.63) is 30.1 Å². The maximum atomic E-state index is 13.7. The van der Waals surface area contributed by atoms with Crippen molar-refractivity contribution < 1.29 is 28.8 Å². The van der Waals surface area contributed by atoms with Crippen LogP contribution < -0.4 is 21.7 Å². The van der Waals surface area contributed by atoms with Crippen molar-refractivity contribution in [2.75, 3.05) is 20.1 Å². The molecule has 0 spiro atoms. The SMILES string of the molecule is CC(C)C[C@H]1C(=O)N[C@H](C(N)=O)CCC(=O)N2CCC[C@@H]2C(=O)NCC[C@H](NC(=O)c2ccccn2)C(=O)N1C. The number of hydrogen-bond donors (Lipinski definition) is 4. The highest BCUT2D eigenvalue weighted by molar-refractivity contribution is 5.98. The summed E-state index contributed by atoms with van der Waals surface area (Å²) in [6.45, 7) is 4.22. The second kappa shape index (κ2) is 13.9. The van der Waals surface area contributed by atoms with Gasteiger partial charge in [-0.3, -0.25) is 33.8 Å². The molecule has 4 atom stereocenters. The quantitative estimate of drug-likeness (QED) is 0.369. The first-order valence-corrected chi connectivity index (χ1v) is 13.6. The Morgan fingerprint density at radius 1 is 1.12 bits per heavy atom. The van der Waals surface area contributed by atoms with Crippen LogP contribution in [0.3, 0.4) is 0 Å². The number of nitrogens with two attached hydrogens (primary N) is 1. The van der Waals surface area contributed by atoms with E-state index in [0.29, 0.717) is 19.4 Å². The van der Waals surface area contributed by atoms with Gasteiger partial charge < -0.3 is 31.5 Å². The summed E-state index contributed by atoms with van der Waals surface area (Å²) in [7, 11) is 1.45. The van der Waals surface area contributed by atoms with Crippen LogP contribution in [-0.4, -0.2) is 94.5 Å². The number of carbonyl (C=O) groups excluding carboxylic acids is 6. The second-order valence-corrected chi connectivity index (χ2v) is 10.7. The topological polar surface area (TPSA) is 184 Å². The van der Waals surface area contributed by atoms with Crippen molar-refractivity contribution in [1.82, 2.24) is 30.7 Å². The summed E-state index contributed by atoms with van der Waals surface area (Å²) in [6.07, 6.45) is 2.76. The molecule has 3 rings (SSSR count). The minimum absolute atomic E-state index is 0.00171. The normalized spacial score (nSPS) is 25.3. The molecule has 2 saturated heterocycles. The summed E-state index contributed by atoms with van der Waals surface area (Å²) >= 11 is 0. The molecule has 13 nitrogen and oxygen atoms in total. The molecule has 40 heavy (non-hydrogen) atoms. The maximum absolute atomic E-state index is 13.7. The molecule has 1 aromatic heterocycles. The number of aromatic nitrogens is 1. The zero-order valence-corrected chi connectivity index (χ0v) is 23.2. The molecule has 0 bridgehead atoms. The van der Waals surface area contributed by atoms with E-state index >= 15 is 0 Å². The third-order valence-corrected chi connectivity index (χ3v) is 7.23. The smallest absolute Gasteiger partial charge is 0.270 e. The summed E-state index contributed by atoms with van der Waals surface area (Å²) in [5.41, 5.74) is 5.66. The minimum Gasteiger partial charge on any atom is -0.368 e. The van der Waals surface area contributed by atoms with Gasteiger partial charge in [0.25, 0.3) is 5.91 Å². The lowest BCUT2D eigenvalue weighted by Gasteiger charge is -2.33. The van der Waals surface area contributed by atoms with Crippen molar-refractivity contribution >= 4 is 35.4 Å². The number of pyridine rings is 1. The molecule has 0 unspecified atom stereocenters. The zero-order chi connectivity index (χ0) is 29.4. The molecule has 3 heterocycles. The van der Waals surface area contributed by atoms with E-state index in [-0.39, 0.29) is 55.7 Å². The van der Waals surface area contributed by atoms with E-state index in [2.05, 4.69) is 20.9 Å². The molecule has 5 N–H and O–H groups in total. The van der Waals surface area contributed by atoms with E-state index in [1.54, 1.807) is 12.1 Å². The van der Waals surface area contributed by atoms with Gasteiger partial charge in [0.15, 0.2) is 0 Å². The average Bonchev–Trinajstić information content (AvgIpc) is 3.42. The van der Waals surface area contributed by atoms with Crippen LogP contribution in [0.1, 0.15) is 62.9 Å². The minimum atomic E-state index is -1.14. The van der Waals surface area contributed by atoms with Crippen LogP contribution in [0.5, 0.6) is 0 Å². The molecule has 2 aliphatic heterocycles. The van der Waals surface area contributed by atoms with Crippen LogP contribution in [0.4, 0.5) is 0 Å². The van der Waals surface area contributed by atoms with Crippen molar-refractivity contribution in [3.63, 3.8) is 0 Å². The number of likely N-dealkylation sites (N-methyl/N-ethyl adjacent to an activating group) is 1. The lowest BCUT2D eigenvalue weighted by atomic mass is 9.99. The lowest BCUT2D eigenvalue weighted by Crippen LogP contribution is -2.58. The standard InChI is InChI=1S/C27H39N7O6/c1-16(2)15-21-26(39)31-17(23(28)36)9-10-22(35)34-14-6-8-20(34)25(38)30-13-11-19(27(40)33(21)3)32-24(37)18-7-4-5-12-29-18/h4-5,7,12,16-17,19-21H,6,8-11,13-15H2,1-3H3,(H2,28,36)(H,30,38)(H,31,39)(H,32,37)/t17-,19-,20+,21-/m0/s1. The van der Waals surface area contributed by atoms with Crippen molar-refractivity contribution in [3.8, 4) is 0 Å². The molecule has 13 heteroatoms. The molecule has 0 aliphatic carbocycles. The van der Waals surface area contributed by atoms with Gasteiger partial charge in [-0.05, 0) is 50.2 Å². The van der Waals surface area contributed by atoms with Gasteiger partial charge in [0.05, 0.1) is 0 Å². The van der Waals surface area contributed by atoms with Gasteiger partial charge in [0, 0.05) is 32.8 Å². The molecular formula is C27H39N7O6. The van der Waals surface area contributed by atoms with Crippen LogP contribution in [0, 0.1) is 5.92 Å². The number of amides is 6. The van der Waals surface area contributed by atoms with Crippen LogP contribution in [0.25, 0.3) is 0 Å². The van der Waals surface area contributed by atoms with Gasteiger partial charge in [-0.2, -0.15) is 0 Å². The van der Waals surface area contributed by atoms with E-state index in [9.17, 15) is 28.8 Å². The Morgan fingerprint density at radius 2 is 1.88 bits per heavy atom. The van der Waals surface area contributed by atoms with Crippen LogP contribution >= 0.6 is 0 Å². The number of rotatable bonds is 5. The first-order valence-electron chi connectivity index (χ1n) is 13.6. The molecule has 0 aromatic carbocycles. The zero-order valence-electron chi connectivity index (χ0n) is 23.2. The number of nitrogens with zero attached hydrogens (tertiary/aromatic N) is 3. The van der Waals surface area contributed by atoms with Crippen LogP contribution in [-0.2, 0) is 24.0 Å². The highest BCUT2D eigenvalue weighted by atomic mass is 16.2. The van der Waals surface area contributed by atoms with E-state index in [1.165, 1.54) is 29.1 Å². The van der Waals surface area contributed by atoms with Gasteiger partial charge >= 0.3 is 0 Å². The van der Waals surface area contributed by atoms with Crippen molar-refractivity contribution in [2.24, 2.45) is 11.7 Å². The predicted molar refractivity (Wildman–Crippen MR) is 144 cm³/mol. The number of carbonyl (C=O) groups is 6. The Bertz CT molecular complexity index is 1110. The van der Waals surface area contributed by atoms with Gasteiger partial charge in [0.1, 0.15) is 29.9 Å². The Kier molecular flexibility index (Phi) is 10.6. The molecule has 0 radical (unpaired) electrons. The molecule has 6 amide bonds. The molecule has 0 saturated carbocycles. The summed E-state index contributed by atoms with van der Waals surface area (Å²) < 4.78 is 0. The Labute approximate surface area is 233 Å². The Morgan fingerprint density at radius 3 is 2.52 bits per heavy atom. The summed E-state index contributed by atoms with van der Waals surface area (Å²) in [5, 5.41) is 8.10. The first-order chi connectivity index (χ1) is 19.0. The number of nitrogens with one attached hydrogen (secondary N) is 3. The summed E-state index contributed by atoms with van der Waals surface area (Å²) in [6, 6.07) is 0.902. The highest BCUT2D eigenvalue weighted by Gasteiger charge is 2.37. The maximum Gasteiger partial charge on any atom is 0.270 e. The third-order valence-electron chi connectivity index (χ3n) is 7.23. The highest BCUT2D eigenvalue weighted by Crippen LogP contribution is 2.20. The van der Waals surface area contributed by atoms with E-state index in [0.717, 1.165) is 0 Å². The Hall–Kier alpha value is -4.03. The van der Waals surface area contributed by atoms with Gasteiger partial charge in [-0.1, -0.05) is 19.9 Å². The van der Waals surface area contributed by atoms with Crippen molar-refractivity contribution in [2.45, 2.75) is 76.5 Å². The molecule has 2 fully saturated rings. The fraction of sp³-hybridized carbons (Fsp3) is 0.593. The monoisotopic (exact) mass is 557 g/mol. The fourth-order valence-electron chi connectivity index (χ4n) is 5.03. The van der Waals surface area contributed by atoms with E-state index in [1.807, 2.05) is 13.8 Å². The van der Waals surface area contributed by atoms with Gasteiger partial charge in [0.2, 0.25) is 29.5 Å². The largest absolute Gasteiger partial charge is 0.368 e. The number of primary amides is 1. The summed E-state index contributed by atoms with van der Waals surface area (Å²) in [4.78, 5) is 84.9. The van der Waals surface area contributed by atoms with Crippen LogP contribution in [0.2, 0.25) is 0 Å². The van der Waals surface area contributed by atoms with Gasteiger partial charge in [-0.25, -0.2) is 0 Å².